The van der Waals surface area contributed by atoms with Gasteiger partial charge in [-0.25, -0.2) is 4.98 Å². The van der Waals surface area contributed by atoms with Gasteiger partial charge in [0.2, 0.25) is 0 Å². The fourth-order valence-corrected chi connectivity index (χ4v) is 4.36. The number of aromatic nitrogens is 1. The zero-order valence-corrected chi connectivity index (χ0v) is 13.6. The SMILES string of the molecule is COC(=O)C1CN(c2nc(C)c(C#N)s2)CC12CCOCC2. The van der Waals surface area contributed by atoms with Crippen LogP contribution in [-0.4, -0.2) is 44.4 Å². The molecule has 118 valence electrons. The summed E-state index contributed by atoms with van der Waals surface area (Å²) in [5.41, 5.74) is 0.655. The van der Waals surface area contributed by atoms with Crippen molar-refractivity contribution in [3.63, 3.8) is 0 Å². The number of anilines is 1. The third-order valence-corrected chi connectivity index (χ3v) is 5.90. The number of rotatable bonds is 2. The summed E-state index contributed by atoms with van der Waals surface area (Å²) in [6.07, 6.45) is 1.72. The van der Waals surface area contributed by atoms with E-state index in [1.165, 1.54) is 18.4 Å². The number of methoxy groups -OCH3 is 1. The van der Waals surface area contributed by atoms with Gasteiger partial charge in [-0.2, -0.15) is 5.26 Å². The smallest absolute Gasteiger partial charge is 0.311 e. The number of nitrogens with zero attached hydrogens (tertiary/aromatic N) is 3. The summed E-state index contributed by atoms with van der Waals surface area (Å²) >= 11 is 1.40. The number of hydrogen-bond donors (Lipinski definition) is 0. The van der Waals surface area contributed by atoms with Crippen LogP contribution in [0.1, 0.15) is 23.4 Å². The van der Waals surface area contributed by atoms with Gasteiger partial charge in [0.1, 0.15) is 10.9 Å². The lowest BCUT2D eigenvalue weighted by Crippen LogP contribution is -2.40. The van der Waals surface area contributed by atoms with E-state index < -0.39 is 0 Å². The van der Waals surface area contributed by atoms with E-state index in [2.05, 4.69) is 16.0 Å². The first kappa shape index (κ1) is 15.3. The van der Waals surface area contributed by atoms with Gasteiger partial charge in [-0.05, 0) is 19.8 Å². The molecule has 1 spiro atoms. The fourth-order valence-electron chi connectivity index (χ4n) is 3.49. The zero-order valence-electron chi connectivity index (χ0n) is 12.8. The molecule has 1 atom stereocenters. The Balaban J connectivity index is 1.89. The van der Waals surface area contributed by atoms with Crippen LogP contribution in [0.15, 0.2) is 0 Å². The van der Waals surface area contributed by atoms with Crippen LogP contribution >= 0.6 is 11.3 Å². The second-order valence-electron chi connectivity index (χ2n) is 5.95. The zero-order chi connectivity index (χ0) is 15.7. The number of carbonyl (C=O) groups excluding carboxylic acids is 1. The molecule has 3 heterocycles. The lowest BCUT2D eigenvalue weighted by atomic mass is 9.72. The predicted octanol–water partition coefficient (Wildman–Crippen LogP) is 1.73. The van der Waals surface area contributed by atoms with E-state index in [1.54, 1.807) is 0 Å². The lowest BCUT2D eigenvalue weighted by molar-refractivity contribution is -0.150. The quantitative estimate of drug-likeness (QED) is 0.772. The summed E-state index contributed by atoms with van der Waals surface area (Å²) in [6, 6.07) is 2.17. The van der Waals surface area contributed by atoms with Crippen LogP contribution in [0, 0.1) is 29.6 Å². The first-order valence-electron chi connectivity index (χ1n) is 7.38. The van der Waals surface area contributed by atoms with Crippen molar-refractivity contribution in [2.24, 2.45) is 11.3 Å². The van der Waals surface area contributed by atoms with Crippen LogP contribution in [0.2, 0.25) is 0 Å². The molecule has 1 aromatic rings. The number of thiazole rings is 1. The normalized spacial score (nSPS) is 23.5. The third-order valence-electron chi connectivity index (χ3n) is 4.78. The Hall–Kier alpha value is -1.65. The third kappa shape index (κ3) is 2.46. The fraction of sp³-hybridized carbons (Fsp3) is 0.667. The highest BCUT2D eigenvalue weighted by Crippen LogP contribution is 2.46. The van der Waals surface area contributed by atoms with Gasteiger partial charge in [0.05, 0.1) is 18.7 Å². The van der Waals surface area contributed by atoms with Crippen molar-refractivity contribution in [2.45, 2.75) is 19.8 Å². The molecule has 3 rings (SSSR count). The van der Waals surface area contributed by atoms with Crippen molar-refractivity contribution >= 4 is 22.4 Å². The molecular formula is C15H19N3O3S. The lowest BCUT2D eigenvalue weighted by Gasteiger charge is -2.36. The summed E-state index contributed by atoms with van der Waals surface area (Å²) in [5.74, 6) is -0.311. The van der Waals surface area contributed by atoms with Crippen molar-refractivity contribution in [3.05, 3.63) is 10.6 Å². The molecule has 7 heteroatoms. The van der Waals surface area contributed by atoms with Crippen LogP contribution < -0.4 is 4.90 Å². The van der Waals surface area contributed by atoms with Gasteiger partial charge in [0, 0.05) is 31.7 Å². The van der Waals surface area contributed by atoms with Crippen molar-refractivity contribution in [3.8, 4) is 6.07 Å². The molecule has 2 aliphatic heterocycles. The van der Waals surface area contributed by atoms with Gasteiger partial charge in [-0.1, -0.05) is 11.3 Å². The number of nitriles is 1. The molecule has 2 fully saturated rings. The predicted molar refractivity (Wildman–Crippen MR) is 81.8 cm³/mol. The Morgan fingerprint density at radius 3 is 2.86 bits per heavy atom. The van der Waals surface area contributed by atoms with E-state index in [1.807, 2.05) is 6.92 Å². The van der Waals surface area contributed by atoms with Crippen LogP contribution in [0.4, 0.5) is 5.13 Å². The van der Waals surface area contributed by atoms with Crippen LogP contribution in [-0.2, 0) is 14.3 Å². The standard InChI is InChI=1S/C15H19N3O3S/c1-10-12(7-16)22-14(17-10)18-8-11(13(19)20-2)15(9-18)3-5-21-6-4-15/h11H,3-6,8-9H2,1-2H3. The van der Waals surface area contributed by atoms with Crippen molar-refractivity contribution in [1.82, 2.24) is 4.98 Å². The van der Waals surface area contributed by atoms with E-state index in [-0.39, 0.29) is 17.3 Å². The van der Waals surface area contributed by atoms with Crippen LogP contribution in [0.25, 0.3) is 0 Å². The molecule has 22 heavy (non-hydrogen) atoms. The first-order valence-corrected chi connectivity index (χ1v) is 8.19. The van der Waals surface area contributed by atoms with Gasteiger partial charge in [-0.3, -0.25) is 4.79 Å². The molecule has 6 nitrogen and oxygen atoms in total. The van der Waals surface area contributed by atoms with Crippen LogP contribution in [0.3, 0.4) is 0 Å². The maximum absolute atomic E-state index is 12.2. The van der Waals surface area contributed by atoms with Crippen molar-refractivity contribution in [2.75, 3.05) is 38.3 Å². The highest BCUT2D eigenvalue weighted by atomic mass is 32.1. The molecule has 1 aromatic heterocycles. The summed E-state index contributed by atoms with van der Waals surface area (Å²) in [4.78, 5) is 19.5. The summed E-state index contributed by atoms with van der Waals surface area (Å²) < 4.78 is 10.5. The first-order chi connectivity index (χ1) is 10.6. The molecule has 0 saturated carbocycles. The van der Waals surface area contributed by atoms with E-state index in [0.717, 1.165) is 30.2 Å². The Labute approximate surface area is 133 Å². The molecule has 0 N–H and O–H groups in total. The Bertz CT molecular complexity index is 616. The molecule has 0 aromatic carbocycles. The molecule has 2 saturated heterocycles. The van der Waals surface area contributed by atoms with Gasteiger partial charge >= 0.3 is 5.97 Å². The second-order valence-corrected chi connectivity index (χ2v) is 6.93. The number of carbonyl (C=O) groups is 1. The van der Waals surface area contributed by atoms with Gasteiger partial charge in [0.15, 0.2) is 5.13 Å². The topological polar surface area (TPSA) is 75.5 Å². The molecule has 0 amide bonds. The van der Waals surface area contributed by atoms with Gasteiger partial charge in [-0.15, -0.1) is 0 Å². The van der Waals surface area contributed by atoms with E-state index in [0.29, 0.717) is 24.6 Å². The summed E-state index contributed by atoms with van der Waals surface area (Å²) in [5, 5.41) is 9.93. The maximum Gasteiger partial charge on any atom is 0.311 e. The van der Waals surface area contributed by atoms with Gasteiger partial charge < -0.3 is 14.4 Å². The Morgan fingerprint density at radius 2 is 2.27 bits per heavy atom. The van der Waals surface area contributed by atoms with E-state index in [4.69, 9.17) is 14.7 Å². The van der Waals surface area contributed by atoms with Crippen molar-refractivity contribution in [1.29, 1.82) is 5.26 Å². The average Bonchev–Trinajstić information content (AvgIpc) is 3.08. The van der Waals surface area contributed by atoms with E-state index in [9.17, 15) is 4.79 Å². The highest BCUT2D eigenvalue weighted by molar-refractivity contribution is 7.16. The molecule has 2 aliphatic rings. The number of esters is 1. The summed E-state index contributed by atoms with van der Waals surface area (Å²) in [7, 11) is 1.44. The molecule has 0 aliphatic carbocycles. The molecule has 0 radical (unpaired) electrons. The Kier molecular flexibility index (Phi) is 4.06. The molecular weight excluding hydrogens is 302 g/mol. The summed E-state index contributed by atoms with van der Waals surface area (Å²) in [6.45, 7) is 4.58. The minimum absolute atomic E-state index is 0.0995. The maximum atomic E-state index is 12.2. The average molecular weight is 321 g/mol. The Morgan fingerprint density at radius 1 is 1.55 bits per heavy atom. The van der Waals surface area contributed by atoms with Crippen molar-refractivity contribution < 1.29 is 14.3 Å². The second kappa shape index (κ2) is 5.86. The molecule has 1 unspecified atom stereocenters. The van der Waals surface area contributed by atoms with E-state index >= 15 is 0 Å². The molecule has 0 bridgehead atoms. The van der Waals surface area contributed by atoms with Gasteiger partial charge in [0.25, 0.3) is 0 Å². The van der Waals surface area contributed by atoms with Crippen LogP contribution in [0.5, 0.6) is 0 Å². The minimum Gasteiger partial charge on any atom is -0.469 e. The monoisotopic (exact) mass is 321 g/mol. The highest BCUT2D eigenvalue weighted by Gasteiger charge is 2.51. The number of ether oxygens (including phenoxy) is 2. The largest absolute Gasteiger partial charge is 0.469 e. The number of hydrogen-bond acceptors (Lipinski definition) is 7. The number of aryl methyl sites for hydroxylation is 1. The minimum atomic E-state index is -0.156.